The Morgan fingerprint density at radius 1 is 1.40 bits per heavy atom. The first-order valence-electron chi connectivity index (χ1n) is 5.06. The molecule has 0 N–H and O–H groups in total. The van der Waals surface area contributed by atoms with Crippen LogP contribution in [0.4, 0.5) is 13.2 Å². The average Bonchev–Trinajstić information content (AvgIpc) is 2.81. The minimum Gasteiger partial charge on any atom is -0.266 e. The normalized spacial score (nSPS) is 17.5. The zero-order valence-electron chi connectivity index (χ0n) is 8.67. The summed E-state index contributed by atoms with van der Waals surface area (Å²) >= 11 is 0. The molecule has 15 heavy (non-hydrogen) atoms. The van der Waals surface area contributed by atoms with Crippen molar-refractivity contribution in [2.75, 3.05) is 0 Å². The zero-order chi connectivity index (χ0) is 11.2. The molecule has 2 rings (SSSR count). The number of hydrogen-bond donors (Lipinski definition) is 0. The van der Waals surface area contributed by atoms with Gasteiger partial charge < -0.3 is 0 Å². The van der Waals surface area contributed by atoms with Crippen molar-refractivity contribution in [3.8, 4) is 0 Å². The fourth-order valence-corrected chi connectivity index (χ4v) is 1.65. The van der Waals surface area contributed by atoms with E-state index in [-0.39, 0.29) is 12.0 Å². The summed E-state index contributed by atoms with van der Waals surface area (Å²) in [5, 5.41) is 3.63. The summed E-state index contributed by atoms with van der Waals surface area (Å²) < 4.78 is 38.9. The van der Waals surface area contributed by atoms with Gasteiger partial charge in [0.1, 0.15) is 0 Å². The molecule has 84 valence electrons. The highest BCUT2D eigenvalue weighted by atomic mass is 19.4. The highest BCUT2D eigenvalue weighted by Crippen LogP contribution is 2.42. The Kier molecular flexibility index (Phi) is 2.28. The van der Waals surface area contributed by atoms with Gasteiger partial charge in [-0.15, -0.1) is 0 Å². The molecule has 0 amide bonds. The maximum Gasteiger partial charge on any atom is 0.435 e. The van der Waals surface area contributed by atoms with E-state index in [2.05, 4.69) is 5.10 Å². The van der Waals surface area contributed by atoms with Crippen molar-refractivity contribution in [2.24, 2.45) is 0 Å². The third kappa shape index (κ3) is 2.01. The van der Waals surface area contributed by atoms with Crippen LogP contribution < -0.4 is 0 Å². The molecule has 0 saturated heterocycles. The fraction of sp³-hybridized carbons (Fsp3) is 0.700. The number of halogens is 3. The van der Waals surface area contributed by atoms with Gasteiger partial charge in [-0.05, 0) is 32.8 Å². The fourth-order valence-electron chi connectivity index (χ4n) is 1.65. The molecule has 1 aliphatic rings. The zero-order valence-corrected chi connectivity index (χ0v) is 8.67. The van der Waals surface area contributed by atoms with Crippen LogP contribution in [0.25, 0.3) is 0 Å². The van der Waals surface area contributed by atoms with Crippen LogP contribution in [0.5, 0.6) is 0 Å². The molecule has 1 aromatic heterocycles. The van der Waals surface area contributed by atoms with E-state index in [0.717, 1.165) is 18.5 Å². The Hall–Kier alpha value is -1.00. The number of alkyl halides is 3. The molecule has 0 spiro atoms. The molecule has 0 atom stereocenters. The van der Waals surface area contributed by atoms with E-state index >= 15 is 0 Å². The molecule has 1 saturated carbocycles. The van der Waals surface area contributed by atoms with Gasteiger partial charge in [-0.25, -0.2) is 0 Å². The molecular weight excluding hydrogens is 205 g/mol. The van der Waals surface area contributed by atoms with Crippen molar-refractivity contribution < 1.29 is 13.2 Å². The first-order chi connectivity index (χ1) is 6.89. The van der Waals surface area contributed by atoms with Crippen molar-refractivity contribution >= 4 is 0 Å². The van der Waals surface area contributed by atoms with Crippen molar-refractivity contribution in [1.82, 2.24) is 9.78 Å². The molecule has 0 unspecified atom stereocenters. The third-order valence-electron chi connectivity index (χ3n) is 2.54. The van der Waals surface area contributed by atoms with Gasteiger partial charge in [-0.2, -0.15) is 18.3 Å². The Labute approximate surface area is 86.1 Å². The second-order valence-electron chi connectivity index (χ2n) is 4.26. The molecule has 1 aliphatic carbocycles. The third-order valence-corrected chi connectivity index (χ3v) is 2.54. The molecule has 2 nitrogen and oxygen atoms in total. The smallest absolute Gasteiger partial charge is 0.266 e. The summed E-state index contributed by atoms with van der Waals surface area (Å²) in [4.78, 5) is 0. The van der Waals surface area contributed by atoms with Gasteiger partial charge in [0.25, 0.3) is 0 Å². The van der Waals surface area contributed by atoms with E-state index in [9.17, 15) is 13.2 Å². The quantitative estimate of drug-likeness (QED) is 0.744. The number of rotatable bonds is 2. The van der Waals surface area contributed by atoms with Crippen LogP contribution in [-0.2, 0) is 6.18 Å². The molecule has 0 bridgehead atoms. The number of hydrogen-bond acceptors (Lipinski definition) is 1. The predicted molar refractivity (Wildman–Crippen MR) is 49.6 cm³/mol. The summed E-state index contributed by atoms with van der Waals surface area (Å²) in [6, 6.07) is 1.18. The molecule has 1 fully saturated rings. The summed E-state index contributed by atoms with van der Waals surface area (Å²) in [7, 11) is 0. The van der Waals surface area contributed by atoms with E-state index < -0.39 is 11.9 Å². The lowest BCUT2D eigenvalue weighted by molar-refractivity contribution is -0.141. The van der Waals surface area contributed by atoms with E-state index in [4.69, 9.17) is 0 Å². The molecular formula is C10H13F3N2. The minimum atomic E-state index is -4.33. The molecule has 0 aliphatic heterocycles. The first kappa shape index (κ1) is 10.5. The van der Waals surface area contributed by atoms with Crippen LogP contribution in [0.15, 0.2) is 6.07 Å². The Morgan fingerprint density at radius 3 is 2.40 bits per heavy atom. The highest BCUT2D eigenvalue weighted by molar-refractivity contribution is 5.21. The van der Waals surface area contributed by atoms with Crippen LogP contribution in [0.3, 0.4) is 0 Å². The first-order valence-corrected chi connectivity index (χ1v) is 5.06. The van der Waals surface area contributed by atoms with Gasteiger partial charge in [0.05, 0.1) is 0 Å². The van der Waals surface area contributed by atoms with E-state index in [0.29, 0.717) is 0 Å². The van der Waals surface area contributed by atoms with Crippen molar-refractivity contribution in [2.45, 2.75) is 44.8 Å². The topological polar surface area (TPSA) is 17.8 Å². The van der Waals surface area contributed by atoms with Crippen LogP contribution >= 0.6 is 0 Å². The SMILES string of the molecule is CC(C)n1nc(C(F)(F)F)cc1C1CC1. The summed E-state index contributed by atoms with van der Waals surface area (Å²) in [5.74, 6) is 0.288. The molecule has 1 heterocycles. The molecule has 1 aromatic rings. The van der Waals surface area contributed by atoms with Crippen LogP contribution in [0.2, 0.25) is 0 Å². The molecule has 5 heteroatoms. The molecule has 0 radical (unpaired) electrons. The maximum atomic E-state index is 12.5. The van der Waals surface area contributed by atoms with E-state index in [1.165, 1.54) is 10.7 Å². The largest absolute Gasteiger partial charge is 0.435 e. The van der Waals surface area contributed by atoms with Crippen molar-refractivity contribution in [3.63, 3.8) is 0 Å². The summed E-state index contributed by atoms with van der Waals surface area (Å²) in [6.45, 7) is 3.69. The van der Waals surface area contributed by atoms with Gasteiger partial charge in [0.15, 0.2) is 5.69 Å². The predicted octanol–water partition coefficient (Wildman–Crippen LogP) is 3.36. The van der Waals surface area contributed by atoms with E-state index in [1.54, 1.807) is 0 Å². The van der Waals surface area contributed by atoms with Crippen LogP contribution in [0, 0.1) is 0 Å². The standard InChI is InChI=1S/C10H13F3N2/c1-6(2)15-8(7-3-4-7)5-9(14-15)10(11,12)13/h5-7H,3-4H2,1-2H3. The number of aromatic nitrogens is 2. The lowest BCUT2D eigenvalue weighted by Gasteiger charge is -2.09. The lowest BCUT2D eigenvalue weighted by atomic mass is 10.2. The number of nitrogens with zero attached hydrogens (tertiary/aromatic N) is 2. The van der Waals surface area contributed by atoms with Gasteiger partial charge >= 0.3 is 6.18 Å². The van der Waals surface area contributed by atoms with Gasteiger partial charge in [0.2, 0.25) is 0 Å². The highest BCUT2D eigenvalue weighted by Gasteiger charge is 2.38. The minimum absolute atomic E-state index is 0.0169. The van der Waals surface area contributed by atoms with Crippen LogP contribution in [-0.4, -0.2) is 9.78 Å². The summed E-state index contributed by atoms with van der Waals surface area (Å²) in [5.41, 5.74) is -0.0320. The Morgan fingerprint density at radius 2 is 2.00 bits per heavy atom. The maximum absolute atomic E-state index is 12.5. The average molecular weight is 218 g/mol. The summed E-state index contributed by atoms with van der Waals surface area (Å²) in [6.07, 6.45) is -2.37. The second-order valence-corrected chi connectivity index (χ2v) is 4.26. The second kappa shape index (κ2) is 3.25. The van der Waals surface area contributed by atoms with Gasteiger partial charge in [0, 0.05) is 17.7 Å². The Bertz CT molecular complexity index is 342. The van der Waals surface area contributed by atoms with Crippen molar-refractivity contribution in [1.29, 1.82) is 0 Å². The van der Waals surface area contributed by atoms with Crippen molar-refractivity contribution in [3.05, 3.63) is 17.5 Å². The van der Waals surface area contributed by atoms with E-state index in [1.807, 2.05) is 13.8 Å². The lowest BCUT2D eigenvalue weighted by Crippen LogP contribution is -2.10. The molecule has 0 aromatic carbocycles. The van der Waals surface area contributed by atoms with Crippen LogP contribution in [0.1, 0.15) is 50.0 Å². The monoisotopic (exact) mass is 218 g/mol. The van der Waals surface area contributed by atoms with Gasteiger partial charge in [-0.1, -0.05) is 0 Å². The Balaban J connectivity index is 2.40. The van der Waals surface area contributed by atoms with Gasteiger partial charge in [-0.3, -0.25) is 4.68 Å².